The van der Waals surface area contributed by atoms with Gasteiger partial charge < -0.3 is 0 Å². The molecule has 0 aliphatic heterocycles. The SMILES string of the molecule is O=c1c2sc3ncccc3c2nc(SCc2ccc(F)cc2)n1Cc1ccc(F)cc1. The van der Waals surface area contributed by atoms with E-state index in [0.717, 1.165) is 21.3 Å². The minimum Gasteiger partial charge on any atom is -0.282 e. The fourth-order valence-corrected chi connectivity index (χ4v) is 5.27. The van der Waals surface area contributed by atoms with Gasteiger partial charge in [0, 0.05) is 17.3 Å². The normalized spacial score (nSPS) is 11.4. The molecule has 31 heavy (non-hydrogen) atoms. The molecule has 0 aliphatic rings. The van der Waals surface area contributed by atoms with Crippen LogP contribution in [0.1, 0.15) is 11.1 Å². The summed E-state index contributed by atoms with van der Waals surface area (Å²) in [6, 6.07) is 16.1. The highest BCUT2D eigenvalue weighted by Crippen LogP contribution is 2.31. The summed E-state index contributed by atoms with van der Waals surface area (Å²) in [6.45, 7) is 0.273. The Morgan fingerprint density at radius 2 is 1.61 bits per heavy atom. The van der Waals surface area contributed by atoms with Gasteiger partial charge in [0.2, 0.25) is 0 Å². The number of thioether (sulfide) groups is 1. The molecule has 3 aromatic heterocycles. The molecule has 154 valence electrons. The van der Waals surface area contributed by atoms with E-state index < -0.39 is 0 Å². The second-order valence-electron chi connectivity index (χ2n) is 6.96. The maximum absolute atomic E-state index is 13.4. The first-order chi connectivity index (χ1) is 15.1. The predicted octanol–water partition coefficient (Wildman–Crippen LogP) is 5.63. The van der Waals surface area contributed by atoms with Crippen molar-refractivity contribution in [1.29, 1.82) is 0 Å². The highest BCUT2D eigenvalue weighted by Gasteiger charge is 2.17. The van der Waals surface area contributed by atoms with Gasteiger partial charge in [-0.3, -0.25) is 9.36 Å². The van der Waals surface area contributed by atoms with Gasteiger partial charge in [-0.05, 0) is 47.5 Å². The van der Waals surface area contributed by atoms with E-state index >= 15 is 0 Å². The van der Waals surface area contributed by atoms with Gasteiger partial charge in [-0.25, -0.2) is 18.7 Å². The lowest BCUT2D eigenvalue weighted by atomic mass is 10.2. The van der Waals surface area contributed by atoms with Crippen LogP contribution < -0.4 is 5.56 Å². The molecule has 4 nitrogen and oxygen atoms in total. The highest BCUT2D eigenvalue weighted by molar-refractivity contribution is 7.98. The van der Waals surface area contributed by atoms with Crippen LogP contribution in [0.3, 0.4) is 0 Å². The maximum atomic E-state index is 13.4. The predicted molar refractivity (Wildman–Crippen MR) is 121 cm³/mol. The summed E-state index contributed by atoms with van der Waals surface area (Å²) in [5.41, 5.74) is 2.20. The van der Waals surface area contributed by atoms with Gasteiger partial charge >= 0.3 is 0 Å². The van der Waals surface area contributed by atoms with Gasteiger partial charge in [-0.1, -0.05) is 36.0 Å². The van der Waals surface area contributed by atoms with Crippen molar-refractivity contribution >= 4 is 43.5 Å². The van der Waals surface area contributed by atoms with Crippen molar-refractivity contribution in [3.05, 3.63) is 100.0 Å². The van der Waals surface area contributed by atoms with E-state index in [1.165, 1.54) is 47.4 Å². The van der Waals surface area contributed by atoms with Crippen LogP contribution in [0, 0.1) is 11.6 Å². The van der Waals surface area contributed by atoms with E-state index in [1.807, 2.05) is 12.1 Å². The lowest BCUT2D eigenvalue weighted by Crippen LogP contribution is -2.23. The molecule has 0 saturated carbocycles. The summed E-state index contributed by atoms with van der Waals surface area (Å²) in [7, 11) is 0. The highest BCUT2D eigenvalue weighted by atomic mass is 32.2. The number of hydrogen-bond acceptors (Lipinski definition) is 5. The Morgan fingerprint density at radius 3 is 2.32 bits per heavy atom. The van der Waals surface area contributed by atoms with E-state index in [-0.39, 0.29) is 23.7 Å². The molecule has 2 aromatic carbocycles. The van der Waals surface area contributed by atoms with Crippen molar-refractivity contribution in [2.45, 2.75) is 17.5 Å². The Bertz CT molecular complexity index is 1440. The molecule has 8 heteroatoms. The van der Waals surface area contributed by atoms with Crippen molar-refractivity contribution < 1.29 is 8.78 Å². The Kier molecular flexibility index (Phi) is 5.25. The van der Waals surface area contributed by atoms with Gasteiger partial charge in [0.1, 0.15) is 21.2 Å². The van der Waals surface area contributed by atoms with Crippen molar-refractivity contribution in [2.75, 3.05) is 0 Å². The Labute approximate surface area is 184 Å². The summed E-state index contributed by atoms with van der Waals surface area (Å²) in [4.78, 5) is 23.4. The Hall–Kier alpha value is -3.10. The molecule has 0 N–H and O–H groups in total. The number of thiophene rings is 1. The van der Waals surface area contributed by atoms with Gasteiger partial charge in [0.25, 0.3) is 5.56 Å². The summed E-state index contributed by atoms with van der Waals surface area (Å²) in [6.07, 6.45) is 1.69. The zero-order chi connectivity index (χ0) is 21.4. The van der Waals surface area contributed by atoms with E-state index in [4.69, 9.17) is 4.98 Å². The van der Waals surface area contributed by atoms with Gasteiger partial charge in [0.15, 0.2) is 5.16 Å². The third-order valence-corrected chi connectivity index (χ3v) is 6.99. The topological polar surface area (TPSA) is 47.8 Å². The zero-order valence-corrected chi connectivity index (χ0v) is 17.7. The van der Waals surface area contributed by atoms with Crippen LogP contribution >= 0.6 is 23.1 Å². The lowest BCUT2D eigenvalue weighted by molar-refractivity contribution is 0.623. The summed E-state index contributed by atoms with van der Waals surface area (Å²) < 4.78 is 28.7. The average molecular weight is 452 g/mol. The molecular weight excluding hydrogens is 436 g/mol. The number of aromatic nitrogens is 3. The van der Waals surface area contributed by atoms with Crippen LogP contribution in [0.5, 0.6) is 0 Å². The number of benzene rings is 2. The fraction of sp³-hybridized carbons (Fsp3) is 0.0870. The summed E-state index contributed by atoms with van der Waals surface area (Å²) in [5, 5.41) is 1.40. The monoisotopic (exact) mass is 451 g/mol. The van der Waals surface area contributed by atoms with Crippen LogP contribution in [0.2, 0.25) is 0 Å². The minimum absolute atomic E-state index is 0.154. The van der Waals surface area contributed by atoms with E-state index in [0.29, 0.717) is 21.1 Å². The Balaban J connectivity index is 1.62. The first kappa shape index (κ1) is 19.8. The third-order valence-electron chi connectivity index (χ3n) is 4.85. The van der Waals surface area contributed by atoms with Crippen LogP contribution in [0.25, 0.3) is 20.4 Å². The van der Waals surface area contributed by atoms with E-state index in [1.54, 1.807) is 35.0 Å². The molecule has 0 saturated heterocycles. The van der Waals surface area contributed by atoms with Crippen LogP contribution in [-0.4, -0.2) is 14.5 Å². The van der Waals surface area contributed by atoms with Gasteiger partial charge in [0.05, 0.1) is 12.1 Å². The molecule has 5 aromatic rings. The van der Waals surface area contributed by atoms with Crippen LogP contribution in [0.4, 0.5) is 8.78 Å². The molecule has 0 atom stereocenters. The second-order valence-corrected chi connectivity index (χ2v) is 8.90. The van der Waals surface area contributed by atoms with Crippen molar-refractivity contribution in [3.63, 3.8) is 0 Å². The van der Waals surface area contributed by atoms with Crippen molar-refractivity contribution in [2.24, 2.45) is 0 Å². The van der Waals surface area contributed by atoms with Crippen molar-refractivity contribution in [1.82, 2.24) is 14.5 Å². The van der Waals surface area contributed by atoms with Crippen LogP contribution in [-0.2, 0) is 12.3 Å². The molecule has 0 fully saturated rings. The largest absolute Gasteiger partial charge is 0.282 e. The second kappa shape index (κ2) is 8.20. The third kappa shape index (κ3) is 3.96. The molecule has 3 heterocycles. The quantitative estimate of drug-likeness (QED) is 0.257. The first-order valence-electron chi connectivity index (χ1n) is 9.48. The maximum Gasteiger partial charge on any atom is 0.272 e. The smallest absolute Gasteiger partial charge is 0.272 e. The fourth-order valence-electron chi connectivity index (χ4n) is 3.29. The van der Waals surface area contributed by atoms with Crippen molar-refractivity contribution in [3.8, 4) is 0 Å². The van der Waals surface area contributed by atoms with Gasteiger partial charge in [-0.15, -0.1) is 11.3 Å². The summed E-state index contributed by atoms with van der Waals surface area (Å²) in [5.74, 6) is -0.0907. The first-order valence-corrected chi connectivity index (χ1v) is 11.3. The number of rotatable bonds is 5. The Morgan fingerprint density at radius 1 is 0.935 bits per heavy atom. The number of fused-ring (bicyclic) bond motifs is 3. The average Bonchev–Trinajstić information content (AvgIpc) is 3.16. The molecule has 0 unspecified atom stereocenters. The molecular formula is C23H15F2N3OS2. The van der Waals surface area contributed by atoms with E-state index in [9.17, 15) is 13.6 Å². The molecule has 0 radical (unpaired) electrons. The standard InChI is InChI=1S/C23H15F2N3OS2/c24-16-7-3-14(4-8-16)12-28-22(29)20-19(18-2-1-11-26-21(18)31-20)27-23(28)30-13-15-5-9-17(25)10-6-15/h1-11H,12-13H2. The molecule has 0 bridgehead atoms. The van der Waals surface area contributed by atoms with Crippen LogP contribution in [0.15, 0.2) is 76.8 Å². The number of nitrogens with zero attached hydrogens (tertiary/aromatic N) is 3. The molecule has 5 rings (SSSR count). The van der Waals surface area contributed by atoms with E-state index in [2.05, 4.69) is 4.98 Å². The van der Waals surface area contributed by atoms with Gasteiger partial charge in [-0.2, -0.15) is 0 Å². The molecule has 0 amide bonds. The lowest BCUT2D eigenvalue weighted by Gasteiger charge is -2.12. The number of hydrogen-bond donors (Lipinski definition) is 0. The summed E-state index contributed by atoms with van der Waals surface area (Å²) >= 11 is 2.73. The minimum atomic E-state index is -0.328. The molecule has 0 aliphatic carbocycles. The number of pyridine rings is 1. The zero-order valence-electron chi connectivity index (χ0n) is 16.1. The molecule has 0 spiro atoms. The number of halogens is 2.